The van der Waals surface area contributed by atoms with Crippen molar-refractivity contribution >= 4 is 28.5 Å². The van der Waals surface area contributed by atoms with Crippen molar-refractivity contribution in [3.05, 3.63) is 36.0 Å². The highest BCUT2D eigenvalue weighted by Gasteiger charge is 2.28. The number of ketones is 1. The Morgan fingerprint density at radius 1 is 0.815 bits per heavy atom. The van der Waals surface area contributed by atoms with Gasteiger partial charge >= 0.3 is 0 Å². The second-order valence-electron chi connectivity index (χ2n) is 7.46. The van der Waals surface area contributed by atoms with E-state index in [4.69, 9.17) is 0 Å². The van der Waals surface area contributed by atoms with Gasteiger partial charge in [-0.05, 0) is 38.2 Å². The zero-order valence-electron chi connectivity index (χ0n) is 15.5. The van der Waals surface area contributed by atoms with Crippen molar-refractivity contribution in [2.75, 3.05) is 26.2 Å². The molecule has 1 aromatic carbocycles. The monoisotopic (exact) mass is 367 g/mol. The number of fused-ring (bicyclic) bond motifs is 1. The van der Waals surface area contributed by atoms with Crippen LogP contribution in [0.2, 0.25) is 0 Å². The summed E-state index contributed by atoms with van der Waals surface area (Å²) in [7, 11) is 0. The molecule has 2 aliphatic rings. The van der Waals surface area contributed by atoms with Crippen molar-refractivity contribution in [1.82, 2.24) is 14.4 Å². The van der Waals surface area contributed by atoms with Crippen LogP contribution in [0.25, 0.3) is 10.9 Å². The summed E-state index contributed by atoms with van der Waals surface area (Å²) in [6, 6.07) is 7.49. The molecule has 3 heterocycles. The molecule has 0 aliphatic carbocycles. The number of carbonyl (C=O) groups is 3. The highest BCUT2D eigenvalue weighted by molar-refractivity contribution is 6.44. The zero-order valence-corrected chi connectivity index (χ0v) is 15.5. The van der Waals surface area contributed by atoms with Crippen molar-refractivity contribution in [2.24, 2.45) is 0 Å². The topological polar surface area (TPSA) is 62.6 Å². The molecule has 0 spiro atoms. The van der Waals surface area contributed by atoms with E-state index in [0.717, 1.165) is 56.1 Å². The van der Waals surface area contributed by atoms with Crippen molar-refractivity contribution in [2.45, 2.75) is 38.6 Å². The van der Waals surface area contributed by atoms with Gasteiger partial charge in [-0.25, -0.2) is 0 Å². The number of aromatic nitrogens is 1. The predicted octanol–water partition coefficient (Wildman–Crippen LogP) is 2.46. The Hall–Kier alpha value is -2.63. The summed E-state index contributed by atoms with van der Waals surface area (Å²) in [5, 5.41) is 0.738. The zero-order chi connectivity index (χ0) is 18.8. The minimum atomic E-state index is -0.472. The van der Waals surface area contributed by atoms with Crippen LogP contribution in [-0.2, 0) is 16.1 Å². The molecule has 0 unspecified atom stereocenters. The molecular weight excluding hydrogens is 342 g/mol. The van der Waals surface area contributed by atoms with Crippen LogP contribution >= 0.6 is 0 Å². The smallest absolute Gasteiger partial charge is 0.295 e. The maximum Gasteiger partial charge on any atom is 0.295 e. The van der Waals surface area contributed by atoms with E-state index in [2.05, 4.69) is 0 Å². The van der Waals surface area contributed by atoms with E-state index in [0.29, 0.717) is 18.7 Å². The fraction of sp³-hybridized carbons (Fsp3) is 0.476. The molecular formula is C21H25N3O3. The first kappa shape index (κ1) is 17.8. The Morgan fingerprint density at radius 3 is 2.19 bits per heavy atom. The van der Waals surface area contributed by atoms with E-state index in [9.17, 15) is 14.4 Å². The SMILES string of the molecule is O=C(C(=O)N1CCCCC1)c1cn(CC(=O)N2CCCC2)c2ccccc12. The van der Waals surface area contributed by atoms with E-state index in [1.807, 2.05) is 33.7 Å². The summed E-state index contributed by atoms with van der Waals surface area (Å²) >= 11 is 0. The molecule has 2 aromatic rings. The number of carbonyl (C=O) groups excluding carboxylic acids is 3. The largest absolute Gasteiger partial charge is 0.341 e. The Bertz CT molecular complexity index is 874. The molecule has 27 heavy (non-hydrogen) atoms. The van der Waals surface area contributed by atoms with Gasteiger partial charge in [0.05, 0.1) is 5.56 Å². The number of hydrogen-bond acceptors (Lipinski definition) is 3. The van der Waals surface area contributed by atoms with E-state index in [1.54, 1.807) is 11.1 Å². The molecule has 0 saturated carbocycles. The second kappa shape index (κ2) is 7.55. The molecule has 0 atom stereocenters. The molecule has 142 valence electrons. The molecule has 1 aromatic heterocycles. The second-order valence-corrected chi connectivity index (χ2v) is 7.46. The van der Waals surface area contributed by atoms with Gasteiger partial charge in [-0.1, -0.05) is 18.2 Å². The number of hydrogen-bond donors (Lipinski definition) is 0. The van der Waals surface area contributed by atoms with Gasteiger partial charge in [-0.3, -0.25) is 14.4 Å². The molecule has 2 amide bonds. The fourth-order valence-corrected chi connectivity index (χ4v) is 4.13. The van der Waals surface area contributed by atoms with Gasteiger partial charge in [-0.2, -0.15) is 0 Å². The van der Waals surface area contributed by atoms with Gasteiger partial charge in [-0.15, -0.1) is 0 Å². The summed E-state index contributed by atoms with van der Waals surface area (Å²) in [5.74, 6) is -0.835. The summed E-state index contributed by atoms with van der Waals surface area (Å²) in [4.78, 5) is 41.7. The van der Waals surface area contributed by atoms with Gasteiger partial charge in [0.25, 0.3) is 11.7 Å². The van der Waals surface area contributed by atoms with Crippen LogP contribution < -0.4 is 0 Å². The maximum absolute atomic E-state index is 12.9. The van der Waals surface area contributed by atoms with Gasteiger partial charge in [0, 0.05) is 43.3 Å². The standard InChI is InChI=1S/C21H25N3O3/c25-19(22-10-6-7-11-22)15-24-14-17(16-8-2-3-9-18(16)24)20(26)21(27)23-12-4-1-5-13-23/h2-3,8-9,14H,1,4-7,10-13,15H2. The first-order valence-corrected chi connectivity index (χ1v) is 9.84. The lowest BCUT2D eigenvalue weighted by atomic mass is 10.1. The molecule has 2 saturated heterocycles. The van der Waals surface area contributed by atoms with E-state index in [1.165, 1.54) is 0 Å². The summed E-state index contributed by atoms with van der Waals surface area (Å²) in [6.07, 6.45) is 6.79. The summed E-state index contributed by atoms with van der Waals surface area (Å²) in [6.45, 7) is 3.10. The Labute approximate surface area is 158 Å². The molecule has 0 N–H and O–H groups in total. The van der Waals surface area contributed by atoms with Crippen molar-refractivity contribution in [1.29, 1.82) is 0 Å². The number of rotatable bonds is 4. The van der Waals surface area contributed by atoms with Gasteiger partial charge < -0.3 is 14.4 Å². The molecule has 6 heteroatoms. The van der Waals surface area contributed by atoms with Crippen molar-refractivity contribution in [3.8, 4) is 0 Å². The number of piperidine rings is 1. The average molecular weight is 367 g/mol. The number of Topliss-reactive ketones (excluding diaryl/α,β-unsaturated/α-hetero) is 1. The molecule has 4 rings (SSSR count). The number of nitrogens with zero attached hydrogens (tertiary/aromatic N) is 3. The van der Waals surface area contributed by atoms with Crippen LogP contribution in [0.15, 0.2) is 30.5 Å². The Balaban J connectivity index is 1.62. The fourth-order valence-electron chi connectivity index (χ4n) is 4.13. The van der Waals surface area contributed by atoms with Crippen LogP contribution in [0.1, 0.15) is 42.5 Å². The minimum Gasteiger partial charge on any atom is -0.341 e. The van der Waals surface area contributed by atoms with E-state index < -0.39 is 11.7 Å². The number of likely N-dealkylation sites (tertiary alicyclic amines) is 2. The molecule has 2 fully saturated rings. The van der Waals surface area contributed by atoms with Gasteiger partial charge in [0.2, 0.25) is 5.91 Å². The number of amides is 2. The summed E-state index contributed by atoms with van der Waals surface area (Å²) < 4.78 is 1.81. The van der Waals surface area contributed by atoms with Crippen molar-refractivity contribution in [3.63, 3.8) is 0 Å². The number of para-hydroxylation sites is 1. The molecule has 0 bridgehead atoms. The predicted molar refractivity (Wildman–Crippen MR) is 103 cm³/mol. The minimum absolute atomic E-state index is 0.0645. The average Bonchev–Trinajstić information content (AvgIpc) is 3.36. The lowest BCUT2D eigenvalue weighted by Gasteiger charge is -2.25. The Morgan fingerprint density at radius 2 is 1.44 bits per heavy atom. The highest BCUT2D eigenvalue weighted by Crippen LogP contribution is 2.23. The van der Waals surface area contributed by atoms with Crippen LogP contribution in [0, 0.1) is 0 Å². The number of benzene rings is 1. The third-order valence-corrected chi connectivity index (χ3v) is 5.64. The first-order chi connectivity index (χ1) is 13.1. The Kier molecular flexibility index (Phi) is 4.97. The van der Waals surface area contributed by atoms with E-state index >= 15 is 0 Å². The van der Waals surface area contributed by atoms with Crippen LogP contribution in [-0.4, -0.2) is 58.1 Å². The first-order valence-electron chi connectivity index (χ1n) is 9.84. The normalized spacial score (nSPS) is 17.5. The quantitative estimate of drug-likeness (QED) is 0.616. The molecule has 6 nitrogen and oxygen atoms in total. The molecule has 0 radical (unpaired) electrons. The van der Waals surface area contributed by atoms with Crippen LogP contribution in [0.3, 0.4) is 0 Å². The van der Waals surface area contributed by atoms with Crippen LogP contribution in [0.4, 0.5) is 0 Å². The van der Waals surface area contributed by atoms with Crippen molar-refractivity contribution < 1.29 is 14.4 Å². The van der Waals surface area contributed by atoms with Gasteiger partial charge in [0.1, 0.15) is 6.54 Å². The lowest BCUT2D eigenvalue weighted by Crippen LogP contribution is -2.40. The summed E-state index contributed by atoms with van der Waals surface area (Å²) in [5.41, 5.74) is 1.22. The highest BCUT2D eigenvalue weighted by atomic mass is 16.2. The molecule has 2 aliphatic heterocycles. The maximum atomic E-state index is 12.9. The third kappa shape index (κ3) is 3.48. The van der Waals surface area contributed by atoms with E-state index in [-0.39, 0.29) is 12.5 Å². The lowest BCUT2D eigenvalue weighted by molar-refractivity contribution is -0.130. The van der Waals surface area contributed by atoms with Crippen LogP contribution in [0.5, 0.6) is 0 Å². The third-order valence-electron chi connectivity index (χ3n) is 5.64. The van der Waals surface area contributed by atoms with Gasteiger partial charge in [0.15, 0.2) is 0 Å².